The number of ether oxygens (including phenoxy) is 1. The summed E-state index contributed by atoms with van der Waals surface area (Å²) in [5.41, 5.74) is 2.93. The lowest BCUT2D eigenvalue weighted by Crippen LogP contribution is -2.38. The van der Waals surface area contributed by atoms with Gasteiger partial charge in [-0.3, -0.25) is 0 Å². The van der Waals surface area contributed by atoms with E-state index >= 15 is 0 Å². The number of amides is 3. The lowest BCUT2D eigenvalue weighted by atomic mass is 9.96. The topological polar surface area (TPSA) is 61.9 Å². The van der Waals surface area contributed by atoms with Crippen LogP contribution in [0.25, 0.3) is 6.08 Å². The van der Waals surface area contributed by atoms with Crippen LogP contribution in [0, 0.1) is 0 Å². The van der Waals surface area contributed by atoms with Crippen LogP contribution < -0.4 is 5.32 Å². The van der Waals surface area contributed by atoms with Crippen LogP contribution in [0.4, 0.5) is 9.59 Å². The molecule has 1 saturated heterocycles. The van der Waals surface area contributed by atoms with Crippen molar-refractivity contribution in [2.75, 3.05) is 32.7 Å². The van der Waals surface area contributed by atoms with Crippen molar-refractivity contribution in [2.45, 2.75) is 45.6 Å². The third-order valence-electron chi connectivity index (χ3n) is 5.13. The van der Waals surface area contributed by atoms with Gasteiger partial charge in [0.25, 0.3) is 0 Å². The van der Waals surface area contributed by atoms with Crippen molar-refractivity contribution < 1.29 is 14.3 Å². The molecule has 158 valence electrons. The van der Waals surface area contributed by atoms with Gasteiger partial charge in [-0.05, 0) is 62.8 Å². The maximum Gasteiger partial charge on any atom is 0.410 e. The fourth-order valence-electron chi connectivity index (χ4n) is 3.67. The number of benzene rings is 1. The minimum Gasteiger partial charge on any atom is -0.444 e. The summed E-state index contributed by atoms with van der Waals surface area (Å²) in [7, 11) is 0. The van der Waals surface area contributed by atoms with Crippen LogP contribution in [0.5, 0.6) is 0 Å². The molecule has 7 heteroatoms. The number of carbonyl (C=O) groups excluding carboxylic acids is 2. The monoisotopic (exact) mass is 419 g/mol. The zero-order valence-electron chi connectivity index (χ0n) is 17.5. The smallest absolute Gasteiger partial charge is 0.410 e. The molecular weight excluding hydrogens is 390 g/mol. The number of carbonyl (C=O) groups is 2. The molecule has 3 rings (SSSR count). The average Bonchev–Trinajstić information content (AvgIpc) is 2.92. The van der Waals surface area contributed by atoms with E-state index in [-0.39, 0.29) is 12.1 Å². The minimum absolute atomic E-state index is 0.00671. The van der Waals surface area contributed by atoms with E-state index < -0.39 is 5.60 Å². The maximum atomic E-state index is 12.5. The second kappa shape index (κ2) is 9.08. The molecule has 0 atom stereocenters. The Morgan fingerprint density at radius 3 is 2.69 bits per heavy atom. The van der Waals surface area contributed by atoms with Gasteiger partial charge >= 0.3 is 12.1 Å². The fourth-order valence-corrected chi connectivity index (χ4v) is 3.91. The summed E-state index contributed by atoms with van der Waals surface area (Å²) in [6, 6.07) is 3.99. The molecule has 0 aliphatic carbocycles. The lowest BCUT2D eigenvalue weighted by Gasteiger charge is -2.26. The first-order chi connectivity index (χ1) is 13.7. The fraction of sp³-hybridized carbons (Fsp3) is 0.545. The van der Waals surface area contributed by atoms with Gasteiger partial charge in [0, 0.05) is 37.7 Å². The number of nitrogens with zero attached hydrogens (tertiary/aromatic N) is 2. The highest BCUT2D eigenvalue weighted by Crippen LogP contribution is 2.28. The van der Waals surface area contributed by atoms with Gasteiger partial charge in [-0.2, -0.15) is 0 Å². The number of urea groups is 1. The lowest BCUT2D eigenvalue weighted by molar-refractivity contribution is 0.0258. The maximum absolute atomic E-state index is 12.5. The average molecular weight is 420 g/mol. The minimum atomic E-state index is -0.500. The summed E-state index contributed by atoms with van der Waals surface area (Å²) in [6.45, 7) is 9.06. The molecule has 0 aromatic heterocycles. The van der Waals surface area contributed by atoms with Crippen LogP contribution >= 0.6 is 11.6 Å². The highest BCUT2D eigenvalue weighted by atomic mass is 35.5. The van der Waals surface area contributed by atoms with Gasteiger partial charge < -0.3 is 19.9 Å². The molecular formula is C22H30ClN3O3. The molecule has 2 aliphatic rings. The second-order valence-corrected chi connectivity index (χ2v) is 8.88. The van der Waals surface area contributed by atoms with Gasteiger partial charge in [0.2, 0.25) is 0 Å². The van der Waals surface area contributed by atoms with Crippen LogP contribution in [-0.4, -0.2) is 60.2 Å². The molecule has 0 saturated carbocycles. The summed E-state index contributed by atoms with van der Waals surface area (Å²) in [5.74, 6) is 0. The molecule has 0 radical (unpaired) electrons. The molecule has 0 bridgehead atoms. The number of halogens is 1. The number of fused-ring (bicyclic) bond motifs is 1. The Balaban J connectivity index is 1.67. The molecule has 1 fully saturated rings. The van der Waals surface area contributed by atoms with E-state index in [1.54, 1.807) is 4.90 Å². The Labute approximate surface area is 177 Å². The predicted molar refractivity (Wildman–Crippen MR) is 115 cm³/mol. The first-order valence-electron chi connectivity index (χ1n) is 10.2. The van der Waals surface area contributed by atoms with Gasteiger partial charge in [0.1, 0.15) is 5.60 Å². The van der Waals surface area contributed by atoms with E-state index in [4.69, 9.17) is 16.3 Å². The van der Waals surface area contributed by atoms with Crippen molar-refractivity contribution in [1.29, 1.82) is 0 Å². The van der Waals surface area contributed by atoms with Gasteiger partial charge in [0.15, 0.2) is 0 Å². The number of nitrogens with one attached hydrogen (secondary N) is 1. The molecule has 1 aromatic carbocycles. The molecule has 3 amide bonds. The van der Waals surface area contributed by atoms with Gasteiger partial charge in [-0.15, -0.1) is 0 Å². The van der Waals surface area contributed by atoms with Gasteiger partial charge in [-0.25, -0.2) is 9.59 Å². The van der Waals surface area contributed by atoms with Gasteiger partial charge in [0.05, 0.1) is 0 Å². The summed E-state index contributed by atoms with van der Waals surface area (Å²) in [4.78, 5) is 27.7. The quantitative estimate of drug-likeness (QED) is 0.799. The van der Waals surface area contributed by atoms with E-state index in [2.05, 4.69) is 23.5 Å². The van der Waals surface area contributed by atoms with Crippen molar-refractivity contribution in [3.8, 4) is 0 Å². The molecule has 29 heavy (non-hydrogen) atoms. The van der Waals surface area contributed by atoms with Crippen molar-refractivity contribution in [3.63, 3.8) is 0 Å². The highest BCUT2D eigenvalue weighted by molar-refractivity contribution is 6.32. The summed E-state index contributed by atoms with van der Waals surface area (Å²) >= 11 is 6.50. The molecule has 0 spiro atoms. The van der Waals surface area contributed by atoms with Crippen LogP contribution in [-0.2, 0) is 17.6 Å². The normalized spacial score (nSPS) is 17.3. The third kappa shape index (κ3) is 5.66. The Morgan fingerprint density at radius 1 is 1.24 bits per heavy atom. The van der Waals surface area contributed by atoms with Crippen molar-refractivity contribution in [3.05, 3.63) is 39.9 Å². The first-order valence-corrected chi connectivity index (χ1v) is 10.6. The summed E-state index contributed by atoms with van der Waals surface area (Å²) < 4.78 is 5.53. The van der Waals surface area contributed by atoms with Crippen LogP contribution in [0.1, 0.15) is 43.9 Å². The van der Waals surface area contributed by atoms with Crippen molar-refractivity contribution >= 4 is 29.8 Å². The Hall–Kier alpha value is -2.21. The van der Waals surface area contributed by atoms with Crippen LogP contribution in [0.3, 0.4) is 0 Å². The number of hydrogen-bond donors (Lipinski definition) is 1. The standard InChI is InChI=1S/C22H30ClN3O3/c1-22(2,3)29-21(28)26-13-9-16-7-8-19(23)18(17(16)10-14-26)6-4-5-12-25-15-11-24-20(25)27/h4,6-8H,5,9-15H2,1-3H3,(H,24,27)/b6-4+. The number of hydrogen-bond acceptors (Lipinski definition) is 3. The highest BCUT2D eigenvalue weighted by Gasteiger charge is 2.25. The zero-order valence-corrected chi connectivity index (χ0v) is 18.2. The number of rotatable bonds is 4. The Morgan fingerprint density at radius 2 is 2.00 bits per heavy atom. The summed E-state index contributed by atoms with van der Waals surface area (Å²) in [5, 5.41) is 3.52. The molecule has 1 N–H and O–H groups in total. The molecule has 0 unspecified atom stereocenters. The predicted octanol–water partition coefficient (Wildman–Crippen LogP) is 4.10. The van der Waals surface area contributed by atoms with Crippen LogP contribution in [0.2, 0.25) is 5.02 Å². The first kappa shape index (κ1) is 21.5. The Kier molecular flexibility index (Phi) is 6.73. The Bertz CT molecular complexity index is 801. The van der Waals surface area contributed by atoms with E-state index in [1.165, 1.54) is 11.1 Å². The van der Waals surface area contributed by atoms with Gasteiger partial charge in [-0.1, -0.05) is 29.8 Å². The van der Waals surface area contributed by atoms with E-state index in [1.807, 2.05) is 31.7 Å². The van der Waals surface area contributed by atoms with Crippen LogP contribution in [0.15, 0.2) is 18.2 Å². The SMILES string of the molecule is CC(C)(C)OC(=O)N1CCc2ccc(Cl)c(/C=C/CCN3CCNC3=O)c2CC1. The zero-order chi connectivity index (χ0) is 21.0. The second-order valence-electron chi connectivity index (χ2n) is 8.48. The molecule has 1 aromatic rings. The molecule has 2 heterocycles. The van der Waals surface area contributed by atoms with E-state index in [9.17, 15) is 9.59 Å². The molecule has 6 nitrogen and oxygen atoms in total. The summed E-state index contributed by atoms with van der Waals surface area (Å²) in [6.07, 6.45) is 6.15. The largest absolute Gasteiger partial charge is 0.444 e. The van der Waals surface area contributed by atoms with Crippen molar-refractivity contribution in [2.24, 2.45) is 0 Å². The van der Waals surface area contributed by atoms with E-state index in [0.29, 0.717) is 31.2 Å². The van der Waals surface area contributed by atoms with Crippen molar-refractivity contribution in [1.82, 2.24) is 15.1 Å². The third-order valence-corrected chi connectivity index (χ3v) is 5.46. The van der Waals surface area contributed by atoms with E-state index in [0.717, 1.165) is 31.4 Å². The molecule has 2 aliphatic heterocycles.